The number of ether oxygens (including phenoxy) is 2. The summed E-state index contributed by atoms with van der Waals surface area (Å²) in [5.74, 6) is -6.33. The highest BCUT2D eigenvalue weighted by Gasteiger charge is 2.16. The molecule has 0 bridgehead atoms. The molecule has 0 saturated heterocycles. The Balaban J connectivity index is 0.000000231. The molecule has 23 heavy (non-hydrogen) atoms. The molecular weight excluding hydrogens is 344 g/mol. The molecule has 2 aromatic carbocycles. The summed E-state index contributed by atoms with van der Waals surface area (Å²) >= 11 is 5.19. The lowest BCUT2D eigenvalue weighted by Gasteiger charge is -2.04. The fourth-order valence-corrected chi connectivity index (χ4v) is 1.55. The van der Waals surface area contributed by atoms with E-state index >= 15 is 0 Å². The van der Waals surface area contributed by atoms with E-state index in [0.717, 1.165) is 19.2 Å². The van der Waals surface area contributed by atoms with E-state index < -0.39 is 34.0 Å². The number of hydrogen-bond acceptors (Lipinski definition) is 4. The second-order valence-corrected chi connectivity index (χ2v) is 4.36. The van der Waals surface area contributed by atoms with Crippen LogP contribution in [0.5, 0.6) is 23.0 Å². The predicted molar refractivity (Wildman–Crippen MR) is 74.2 cm³/mol. The van der Waals surface area contributed by atoms with Gasteiger partial charge in [0.1, 0.15) is 16.5 Å². The summed E-state index contributed by atoms with van der Waals surface area (Å²) in [5.41, 5.74) is 0. The summed E-state index contributed by atoms with van der Waals surface area (Å²) < 4.78 is 59.3. The molecule has 0 aliphatic rings. The SMILES string of the molecule is COc1cc(O)c(Cl)c(F)c1F.COc1cc(O)cc(F)c1F. The van der Waals surface area contributed by atoms with Crippen LogP contribution >= 0.6 is 11.6 Å². The van der Waals surface area contributed by atoms with Gasteiger partial charge in [0.2, 0.25) is 11.6 Å². The van der Waals surface area contributed by atoms with Gasteiger partial charge in [-0.15, -0.1) is 0 Å². The number of methoxy groups -OCH3 is 2. The van der Waals surface area contributed by atoms with Crippen molar-refractivity contribution in [3.8, 4) is 23.0 Å². The van der Waals surface area contributed by atoms with Crippen LogP contribution in [0, 0.1) is 23.3 Å². The number of phenolic OH excluding ortho intramolecular Hbond substituents is 2. The van der Waals surface area contributed by atoms with Crippen LogP contribution in [0.15, 0.2) is 18.2 Å². The Hall–Kier alpha value is -2.35. The molecule has 0 unspecified atom stereocenters. The van der Waals surface area contributed by atoms with Gasteiger partial charge in [-0.05, 0) is 0 Å². The fraction of sp³-hybridized carbons (Fsp3) is 0.143. The summed E-state index contributed by atoms with van der Waals surface area (Å²) in [7, 11) is 2.35. The molecule has 0 saturated carbocycles. The van der Waals surface area contributed by atoms with Crippen molar-refractivity contribution in [2.45, 2.75) is 0 Å². The van der Waals surface area contributed by atoms with Gasteiger partial charge in [0.15, 0.2) is 23.1 Å². The summed E-state index contributed by atoms with van der Waals surface area (Å²) in [6.45, 7) is 0. The van der Waals surface area contributed by atoms with Gasteiger partial charge in [0, 0.05) is 18.2 Å². The van der Waals surface area contributed by atoms with Crippen molar-refractivity contribution in [2.75, 3.05) is 14.2 Å². The van der Waals surface area contributed by atoms with Crippen LogP contribution in [0.3, 0.4) is 0 Å². The largest absolute Gasteiger partial charge is 0.508 e. The molecule has 0 heterocycles. The summed E-state index contributed by atoms with van der Waals surface area (Å²) in [6.07, 6.45) is 0. The second-order valence-electron chi connectivity index (χ2n) is 3.98. The third-order valence-corrected chi connectivity index (χ3v) is 2.87. The van der Waals surface area contributed by atoms with E-state index in [-0.39, 0.29) is 17.2 Å². The molecule has 0 aliphatic heterocycles. The second kappa shape index (κ2) is 7.77. The molecule has 0 aromatic heterocycles. The zero-order valence-electron chi connectivity index (χ0n) is 11.8. The maximum absolute atomic E-state index is 12.7. The molecular formula is C14H11ClF4O4. The molecule has 0 amide bonds. The Labute approximate surface area is 133 Å². The number of halogens is 5. The third-order valence-electron chi connectivity index (χ3n) is 2.51. The topological polar surface area (TPSA) is 58.9 Å². The number of phenols is 2. The first-order chi connectivity index (χ1) is 10.7. The number of hydrogen-bond donors (Lipinski definition) is 2. The van der Waals surface area contributed by atoms with Gasteiger partial charge >= 0.3 is 0 Å². The molecule has 9 heteroatoms. The van der Waals surface area contributed by atoms with Gasteiger partial charge in [-0.25, -0.2) is 8.78 Å². The average Bonchev–Trinajstić information content (AvgIpc) is 2.52. The molecule has 4 nitrogen and oxygen atoms in total. The first kappa shape index (κ1) is 18.7. The molecule has 0 fully saturated rings. The zero-order valence-corrected chi connectivity index (χ0v) is 12.6. The van der Waals surface area contributed by atoms with E-state index in [9.17, 15) is 17.6 Å². The minimum Gasteiger partial charge on any atom is -0.508 e. The van der Waals surface area contributed by atoms with Gasteiger partial charge in [-0.2, -0.15) is 8.78 Å². The number of aromatic hydroxyl groups is 2. The molecule has 0 atom stereocenters. The zero-order chi connectivity index (χ0) is 17.7. The lowest BCUT2D eigenvalue weighted by molar-refractivity contribution is 0.364. The Morgan fingerprint density at radius 2 is 1.35 bits per heavy atom. The van der Waals surface area contributed by atoms with Crippen LogP contribution in [-0.2, 0) is 0 Å². The summed E-state index contributed by atoms with van der Waals surface area (Å²) in [4.78, 5) is 0. The minimum atomic E-state index is -1.31. The monoisotopic (exact) mass is 354 g/mol. The van der Waals surface area contributed by atoms with Gasteiger partial charge < -0.3 is 19.7 Å². The van der Waals surface area contributed by atoms with Crippen molar-refractivity contribution in [1.29, 1.82) is 0 Å². The van der Waals surface area contributed by atoms with Crippen LogP contribution in [0.2, 0.25) is 5.02 Å². The number of benzene rings is 2. The van der Waals surface area contributed by atoms with Crippen molar-refractivity contribution in [2.24, 2.45) is 0 Å². The van der Waals surface area contributed by atoms with Crippen LogP contribution in [0.25, 0.3) is 0 Å². The van der Waals surface area contributed by atoms with E-state index in [1.807, 2.05) is 0 Å². The average molecular weight is 355 g/mol. The number of rotatable bonds is 2. The van der Waals surface area contributed by atoms with Crippen molar-refractivity contribution >= 4 is 11.6 Å². The van der Waals surface area contributed by atoms with Crippen LogP contribution < -0.4 is 9.47 Å². The van der Waals surface area contributed by atoms with E-state index in [1.165, 1.54) is 7.11 Å². The Bertz CT molecular complexity index is 710. The van der Waals surface area contributed by atoms with E-state index in [2.05, 4.69) is 9.47 Å². The molecule has 2 aromatic rings. The lowest BCUT2D eigenvalue weighted by atomic mass is 10.3. The molecule has 0 spiro atoms. The maximum atomic E-state index is 12.7. The highest BCUT2D eigenvalue weighted by Crippen LogP contribution is 2.33. The van der Waals surface area contributed by atoms with Crippen molar-refractivity contribution < 1.29 is 37.2 Å². The highest BCUT2D eigenvalue weighted by molar-refractivity contribution is 6.32. The molecule has 126 valence electrons. The van der Waals surface area contributed by atoms with Gasteiger partial charge in [-0.1, -0.05) is 11.6 Å². The van der Waals surface area contributed by atoms with Crippen molar-refractivity contribution in [3.05, 3.63) is 46.5 Å². The minimum absolute atomic E-state index is 0.303. The third kappa shape index (κ3) is 4.32. The van der Waals surface area contributed by atoms with Gasteiger partial charge in [0.05, 0.1) is 14.2 Å². The fourth-order valence-electron chi connectivity index (χ4n) is 1.42. The smallest absolute Gasteiger partial charge is 0.202 e. The quantitative estimate of drug-likeness (QED) is 0.632. The van der Waals surface area contributed by atoms with Crippen molar-refractivity contribution in [1.82, 2.24) is 0 Å². The highest BCUT2D eigenvalue weighted by atomic mass is 35.5. The first-order valence-corrected chi connectivity index (χ1v) is 6.23. The Kier molecular flexibility index (Phi) is 6.32. The first-order valence-electron chi connectivity index (χ1n) is 5.85. The lowest BCUT2D eigenvalue weighted by Crippen LogP contribution is -1.92. The Morgan fingerprint density at radius 1 is 0.826 bits per heavy atom. The molecule has 2 N–H and O–H groups in total. The maximum Gasteiger partial charge on any atom is 0.202 e. The van der Waals surface area contributed by atoms with E-state index in [0.29, 0.717) is 6.07 Å². The van der Waals surface area contributed by atoms with E-state index in [1.54, 1.807) is 0 Å². The molecule has 0 radical (unpaired) electrons. The van der Waals surface area contributed by atoms with Crippen LogP contribution in [0.1, 0.15) is 0 Å². The van der Waals surface area contributed by atoms with Crippen LogP contribution in [0.4, 0.5) is 17.6 Å². The van der Waals surface area contributed by atoms with Gasteiger partial charge in [0.25, 0.3) is 0 Å². The summed E-state index contributed by atoms with van der Waals surface area (Å²) in [5, 5.41) is 17.0. The van der Waals surface area contributed by atoms with Crippen molar-refractivity contribution in [3.63, 3.8) is 0 Å². The van der Waals surface area contributed by atoms with Gasteiger partial charge in [-0.3, -0.25) is 0 Å². The predicted octanol–water partition coefficient (Wildman–Crippen LogP) is 4.01. The molecule has 2 rings (SSSR count). The Morgan fingerprint density at radius 3 is 1.87 bits per heavy atom. The van der Waals surface area contributed by atoms with Crippen LogP contribution in [-0.4, -0.2) is 24.4 Å². The summed E-state index contributed by atoms with van der Waals surface area (Å²) in [6, 6.07) is 2.58. The van der Waals surface area contributed by atoms with E-state index in [4.69, 9.17) is 21.8 Å². The normalized spacial score (nSPS) is 9.87. The molecule has 0 aliphatic carbocycles. The standard InChI is InChI=1S/C7H5ClF2O2.C7H6F2O2/c1-12-4-2-3(11)5(8)7(10)6(4)9;1-11-6-3-4(10)2-5(8)7(6)9/h2,11H,1H3;2-3,10H,1H3.